The molecule has 0 radical (unpaired) electrons. The van der Waals surface area contributed by atoms with Crippen molar-refractivity contribution in [3.63, 3.8) is 0 Å². The van der Waals surface area contributed by atoms with Crippen molar-refractivity contribution in [2.24, 2.45) is 0 Å². The summed E-state index contributed by atoms with van der Waals surface area (Å²) < 4.78 is 1.56. The van der Waals surface area contributed by atoms with E-state index >= 15 is 0 Å². The van der Waals surface area contributed by atoms with Crippen molar-refractivity contribution < 1.29 is 9.90 Å². The van der Waals surface area contributed by atoms with Crippen molar-refractivity contribution >= 4 is 5.97 Å². The molecule has 1 N–H and O–H groups in total. The maximum atomic E-state index is 10.8. The third-order valence-corrected chi connectivity index (χ3v) is 3.39. The SMILES string of the molecule is CC(CC(=O)O)n1nnnc1-c1ccc(C(C)(C)C)cc1. The average molecular weight is 288 g/mol. The molecular weight excluding hydrogens is 268 g/mol. The van der Waals surface area contributed by atoms with Crippen molar-refractivity contribution in [2.45, 2.75) is 45.6 Å². The van der Waals surface area contributed by atoms with Gasteiger partial charge in [-0.3, -0.25) is 4.79 Å². The Labute approximate surface area is 123 Å². The first-order chi connectivity index (χ1) is 9.79. The largest absolute Gasteiger partial charge is 0.481 e. The van der Waals surface area contributed by atoms with Crippen molar-refractivity contribution in [1.82, 2.24) is 20.2 Å². The molecule has 2 rings (SSSR count). The van der Waals surface area contributed by atoms with Crippen LogP contribution in [0.1, 0.15) is 45.7 Å². The molecule has 112 valence electrons. The summed E-state index contributed by atoms with van der Waals surface area (Å²) in [6.07, 6.45) is -0.0158. The minimum absolute atomic E-state index is 0.0158. The fraction of sp³-hybridized carbons (Fsp3) is 0.467. The number of aromatic nitrogens is 4. The van der Waals surface area contributed by atoms with E-state index in [2.05, 4.69) is 48.4 Å². The molecule has 0 saturated carbocycles. The lowest BCUT2D eigenvalue weighted by atomic mass is 9.87. The lowest BCUT2D eigenvalue weighted by Gasteiger charge is -2.19. The minimum Gasteiger partial charge on any atom is -0.481 e. The average Bonchev–Trinajstić information content (AvgIpc) is 2.86. The molecule has 1 heterocycles. The van der Waals surface area contributed by atoms with Gasteiger partial charge in [-0.1, -0.05) is 45.0 Å². The van der Waals surface area contributed by atoms with Gasteiger partial charge in [0, 0.05) is 5.56 Å². The van der Waals surface area contributed by atoms with E-state index in [1.54, 1.807) is 11.6 Å². The number of nitrogens with zero attached hydrogens (tertiary/aromatic N) is 4. The normalized spacial score (nSPS) is 13.1. The fourth-order valence-corrected chi connectivity index (χ4v) is 2.14. The van der Waals surface area contributed by atoms with Gasteiger partial charge in [0.05, 0.1) is 12.5 Å². The highest BCUT2D eigenvalue weighted by Crippen LogP contribution is 2.26. The van der Waals surface area contributed by atoms with Gasteiger partial charge in [0.2, 0.25) is 0 Å². The zero-order valence-corrected chi connectivity index (χ0v) is 12.7. The second-order valence-electron chi connectivity index (χ2n) is 6.22. The predicted molar refractivity (Wildman–Crippen MR) is 78.9 cm³/mol. The molecule has 0 fully saturated rings. The summed E-state index contributed by atoms with van der Waals surface area (Å²) in [5.74, 6) is -0.281. The van der Waals surface area contributed by atoms with Crippen molar-refractivity contribution in [1.29, 1.82) is 0 Å². The first-order valence-corrected chi connectivity index (χ1v) is 6.89. The van der Waals surface area contributed by atoms with Gasteiger partial charge in [0.25, 0.3) is 0 Å². The van der Waals surface area contributed by atoms with Gasteiger partial charge in [-0.05, 0) is 28.3 Å². The number of rotatable bonds is 4. The number of hydrogen-bond acceptors (Lipinski definition) is 4. The van der Waals surface area contributed by atoms with Crippen molar-refractivity contribution in [3.8, 4) is 11.4 Å². The summed E-state index contributed by atoms with van der Waals surface area (Å²) in [7, 11) is 0. The van der Waals surface area contributed by atoms with Crippen LogP contribution in [0.5, 0.6) is 0 Å². The van der Waals surface area contributed by atoms with E-state index in [-0.39, 0.29) is 17.9 Å². The highest BCUT2D eigenvalue weighted by molar-refractivity contribution is 5.67. The van der Waals surface area contributed by atoms with Gasteiger partial charge in [0.1, 0.15) is 0 Å². The quantitative estimate of drug-likeness (QED) is 0.935. The first kappa shape index (κ1) is 15.2. The Balaban J connectivity index is 2.31. The Bertz CT molecular complexity index is 626. The van der Waals surface area contributed by atoms with Crippen molar-refractivity contribution in [2.75, 3.05) is 0 Å². The van der Waals surface area contributed by atoms with Gasteiger partial charge >= 0.3 is 5.97 Å². The second-order valence-corrected chi connectivity index (χ2v) is 6.22. The Kier molecular flexibility index (Phi) is 4.06. The van der Waals surface area contributed by atoms with Crippen LogP contribution in [0.2, 0.25) is 0 Å². The molecule has 1 atom stereocenters. The smallest absolute Gasteiger partial charge is 0.305 e. The summed E-state index contributed by atoms with van der Waals surface area (Å²) in [6, 6.07) is 7.74. The number of carbonyl (C=O) groups is 1. The molecule has 0 saturated heterocycles. The number of aliphatic carboxylic acids is 1. The maximum absolute atomic E-state index is 10.8. The minimum atomic E-state index is -0.868. The Hall–Kier alpha value is -2.24. The number of benzene rings is 1. The summed E-state index contributed by atoms with van der Waals surface area (Å²) in [4.78, 5) is 10.8. The molecule has 0 spiro atoms. The third kappa shape index (κ3) is 3.45. The zero-order chi connectivity index (χ0) is 15.6. The van der Waals surface area contributed by atoms with Gasteiger partial charge in [-0.2, -0.15) is 0 Å². The van der Waals surface area contributed by atoms with Crippen LogP contribution in [0.25, 0.3) is 11.4 Å². The van der Waals surface area contributed by atoms with Gasteiger partial charge < -0.3 is 5.11 Å². The highest BCUT2D eigenvalue weighted by Gasteiger charge is 2.18. The van der Waals surface area contributed by atoms with Gasteiger partial charge in [-0.15, -0.1) is 5.10 Å². The molecule has 0 bridgehead atoms. The molecule has 21 heavy (non-hydrogen) atoms. The number of carboxylic acids is 1. The molecule has 1 aromatic heterocycles. The molecule has 0 amide bonds. The second kappa shape index (κ2) is 5.63. The number of carboxylic acid groups (broad SMARTS) is 1. The molecule has 6 nitrogen and oxygen atoms in total. The lowest BCUT2D eigenvalue weighted by Crippen LogP contribution is -2.13. The summed E-state index contributed by atoms with van der Waals surface area (Å²) >= 11 is 0. The monoisotopic (exact) mass is 288 g/mol. The molecule has 0 aliphatic rings. The van der Waals surface area contributed by atoms with E-state index in [1.165, 1.54) is 5.56 Å². The van der Waals surface area contributed by atoms with E-state index in [0.717, 1.165) is 5.56 Å². The van der Waals surface area contributed by atoms with Crippen LogP contribution in [0.15, 0.2) is 24.3 Å². The molecule has 1 aromatic carbocycles. The summed E-state index contributed by atoms with van der Waals surface area (Å²) in [5, 5.41) is 20.5. The van der Waals surface area contributed by atoms with Crippen molar-refractivity contribution in [3.05, 3.63) is 29.8 Å². The van der Waals surface area contributed by atoms with E-state index in [4.69, 9.17) is 5.11 Å². The van der Waals surface area contributed by atoms with Gasteiger partial charge in [0.15, 0.2) is 5.82 Å². The van der Waals surface area contributed by atoms with Crippen LogP contribution in [-0.4, -0.2) is 31.3 Å². The van der Waals surface area contributed by atoms with E-state index in [9.17, 15) is 4.79 Å². The zero-order valence-electron chi connectivity index (χ0n) is 12.7. The molecule has 0 aliphatic carbocycles. The molecule has 1 unspecified atom stereocenters. The van der Waals surface area contributed by atoms with Crippen LogP contribution >= 0.6 is 0 Å². The molecule has 0 aliphatic heterocycles. The van der Waals surface area contributed by atoms with E-state index in [0.29, 0.717) is 5.82 Å². The Morgan fingerprint density at radius 2 is 1.90 bits per heavy atom. The van der Waals surface area contributed by atoms with Crippen LogP contribution in [0, 0.1) is 0 Å². The van der Waals surface area contributed by atoms with Gasteiger partial charge in [-0.25, -0.2) is 4.68 Å². The fourth-order valence-electron chi connectivity index (χ4n) is 2.14. The Morgan fingerprint density at radius 1 is 1.29 bits per heavy atom. The first-order valence-electron chi connectivity index (χ1n) is 6.89. The number of hydrogen-bond donors (Lipinski definition) is 1. The molecular formula is C15H20N4O2. The molecule has 6 heteroatoms. The highest BCUT2D eigenvalue weighted by atomic mass is 16.4. The maximum Gasteiger partial charge on any atom is 0.305 e. The van der Waals surface area contributed by atoms with Crippen LogP contribution in [0.3, 0.4) is 0 Å². The van der Waals surface area contributed by atoms with Crippen LogP contribution < -0.4 is 0 Å². The lowest BCUT2D eigenvalue weighted by molar-refractivity contribution is -0.137. The third-order valence-electron chi connectivity index (χ3n) is 3.39. The standard InChI is InChI=1S/C15H20N4O2/c1-10(9-13(20)21)19-14(16-17-18-19)11-5-7-12(8-6-11)15(2,3)4/h5-8,10H,9H2,1-4H3,(H,20,21). The van der Waals surface area contributed by atoms with E-state index in [1.807, 2.05) is 12.1 Å². The molecule has 2 aromatic rings. The number of tetrazole rings is 1. The summed E-state index contributed by atoms with van der Waals surface area (Å²) in [5.41, 5.74) is 2.19. The topological polar surface area (TPSA) is 80.9 Å². The summed E-state index contributed by atoms with van der Waals surface area (Å²) in [6.45, 7) is 8.25. The predicted octanol–water partition coefficient (Wildman–Crippen LogP) is 2.67. The Morgan fingerprint density at radius 3 is 2.43 bits per heavy atom. The van der Waals surface area contributed by atoms with Crippen LogP contribution in [-0.2, 0) is 10.2 Å². The van der Waals surface area contributed by atoms with Crippen LogP contribution in [0.4, 0.5) is 0 Å². The van der Waals surface area contributed by atoms with E-state index < -0.39 is 5.97 Å².